The zero-order valence-electron chi connectivity index (χ0n) is 17.4. The van der Waals surface area contributed by atoms with Gasteiger partial charge < -0.3 is 4.90 Å². The van der Waals surface area contributed by atoms with Gasteiger partial charge in [0, 0.05) is 43.7 Å². The number of pyridine rings is 1. The largest absolute Gasteiger partial charge is 0.354 e. The Hall–Kier alpha value is -3.55. The SMILES string of the molecule is Cc1ccc2cc(C#N)c(N3CCCN(S(=O)(=O)c4ccc([N+](=O)[O-])cc4)CC3)nc2c1. The molecule has 32 heavy (non-hydrogen) atoms. The van der Waals surface area contributed by atoms with Crippen LogP contribution < -0.4 is 4.90 Å². The van der Waals surface area contributed by atoms with Gasteiger partial charge in [0.1, 0.15) is 11.9 Å². The third-order valence-corrected chi connectivity index (χ3v) is 7.43. The number of nitriles is 1. The summed E-state index contributed by atoms with van der Waals surface area (Å²) < 4.78 is 27.5. The molecular formula is C22H21N5O4S. The summed E-state index contributed by atoms with van der Waals surface area (Å²) in [7, 11) is -3.79. The molecule has 0 amide bonds. The van der Waals surface area contributed by atoms with Crippen molar-refractivity contribution in [3.63, 3.8) is 0 Å². The molecule has 1 saturated heterocycles. The van der Waals surface area contributed by atoms with Gasteiger partial charge in [-0.25, -0.2) is 13.4 Å². The average Bonchev–Trinajstić information content (AvgIpc) is 3.05. The quantitative estimate of drug-likeness (QED) is 0.441. The fourth-order valence-electron chi connectivity index (χ4n) is 3.83. The summed E-state index contributed by atoms with van der Waals surface area (Å²) in [5, 5.41) is 21.4. The molecule has 0 atom stereocenters. The Morgan fingerprint density at radius 2 is 1.81 bits per heavy atom. The first-order valence-electron chi connectivity index (χ1n) is 10.1. The second-order valence-corrected chi connectivity index (χ2v) is 9.60. The number of non-ortho nitro benzene ring substituents is 1. The van der Waals surface area contributed by atoms with Crippen LogP contribution in [0.1, 0.15) is 17.5 Å². The molecule has 0 unspecified atom stereocenters. The van der Waals surface area contributed by atoms with E-state index >= 15 is 0 Å². The van der Waals surface area contributed by atoms with Gasteiger partial charge in [-0.1, -0.05) is 12.1 Å². The molecule has 164 valence electrons. The van der Waals surface area contributed by atoms with E-state index in [9.17, 15) is 23.8 Å². The number of anilines is 1. The van der Waals surface area contributed by atoms with Crippen LogP contribution in [0, 0.1) is 28.4 Å². The molecule has 0 bridgehead atoms. The Morgan fingerprint density at radius 1 is 1.06 bits per heavy atom. The molecule has 1 aliphatic rings. The third kappa shape index (κ3) is 4.12. The molecule has 1 fully saturated rings. The predicted molar refractivity (Wildman–Crippen MR) is 120 cm³/mol. The standard InChI is InChI=1S/C22H21N5O4S/c1-16-3-4-17-14-18(15-23)22(24-21(17)13-16)25-9-2-10-26(12-11-25)32(30,31)20-7-5-19(6-8-20)27(28)29/h3-8,13-14H,2,9-12H2,1H3. The van der Waals surface area contributed by atoms with Crippen molar-refractivity contribution in [3.05, 3.63) is 69.8 Å². The van der Waals surface area contributed by atoms with Gasteiger partial charge in [-0.3, -0.25) is 10.1 Å². The van der Waals surface area contributed by atoms with Gasteiger partial charge in [0.15, 0.2) is 0 Å². The Labute approximate surface area is 185 Å². The smallest absolute Gasteiger partial charge is 0.269 e. The number of sulfonamides is 1. The fourth-order valence-corrected chi connectivity index (χ4v) is 5.29. The summed E-state index contributed by atoms with van der Waals surface area (Å²) >= 11 is 0. The summed E-state index contributed by atoms with van der Waals surface area (Å²) in [6.45, 7) is 3.45. The van der Waals surface area contributed by atoms with E-state index in [4.69, 9.17) is 4.98 Å². The highest BCUT2D eigenvalue weighted by atomic mass is 32.2. The number of aromatic nitrogens is 1. The summed E-state index contributed by atoms with van der Waals surface area (Å²) in [6, 6.07) is 14.8. The highest BCUT2D eigenvalue weighted by Crippen LogP contribution is 2.26. The number of nitro benzene ring substituents is 1. The van der Waals surface area contributed by atoms with E-state index in [1.165, 1.54) is 28.6 Å². The molecular weight excluding hydrogens is 430 g/mol. The monoisotopic (exact) mass is 451 g/mol. The average molecular weight is 452 g/mol. The van der Waals surface area contributed by atoms with Crippen LogP contribution in [-0.2, 0) is 10.0 Å². The van der Waals surface area contributed by atoms with Crippen molar-refractivity contribution in [1.29, 1.82) is 5.26 Å². The molecule has 3 aromatic rings. The van der Waals surface area contributed by atoms with Crippen LogP contribution in [0.4, 0.5) is 11.5 Å². The molecule has 4 rings (SSSR count). The van der Waals surface area contributed by atoms with Crippen LogP contribution in [0.2, 0.25) is 0 Å². The minimum atomic E-state index is -3.79. The number of hydrogen-bond donors (Lipinski definition) is 0. The molecule has 0 radical (unpaired) electrons. The van der Waals surface area contributed by atoms with Crippen LogP contribution in [0.25, 0.3) is 10.9 Å². The Kier molecular flexibility index (Phi) is 5.78. The lowest BCUT2D eigenvalue weighted by molar-refractivity contribution is -0.384. The maximum absolute atomic E-state index is 13.1. The second kappa shape index (κ2) is 8.53. The van der Waals surface area contributed by atoms with E-state index < -0.39 is 14.9 Å². The fraction of sp³-hybridized carbons (Fsp3) is 0.273. The van der Waals surface area contributed by atoms with E-state index in [2.05, 4.69) is 6.07 Å². The molecule has 2 heterocycles. The first-order valence-corrected chi connectivity index (χ1v) is 11.5. The van der Waals surface area contributed by atoms with Gasteiger partial charge in [0.2, 0.25) is 10.0 Å². The van der Waals surface area contributed by atoms with Crippen molar-refractivity contribution in [1.82, 2.24) is 9.29 Å². The second-order valence-electron chi connectivity index (χ2n) is 7.66. The van der Waals surface area contributed by atoms with Gasteiger partial charge in [0.05, 0.1) is 20.9 Å². The van der Waals surface area contributed by atoms with Gasteiger partial charge in [-0.15, -0.1) is 0 Å². The van der Waals surface area contributed by atoms with Crippen molar-refractivity contribution in [2.45, 2.75) is 18.2 Å². The molecule has 1 aromatic heterocycles. The van der Waals surface area contributed by atoms with Crippen molar-refractivity contribution >= 4 is 32.4 Å². The van der Waals surface area contributed by atoms with Gasteiger partial charge in [-0.05, 0) is 43.2 Å². The van der Waals surface area contributed by atoms with E-state index in [0.717, 1.165) is 16.5 Å². The lowest BCUT2D eigenvalue weighted by atomic mass is 10.1. The molecule has 0 N–H and O–H groups in total. The third-order valence-electron chi connectivity index (χ3n) is 5.51. The van der Waals surface area contributed by atoms with Crippen LogP contribution >= 0.6 is 0 Å². The van der Waals surface area contributed by atoms with Crippen molar-refractivity contribution in [2.75, 3.05) is 31.1 Å². The normalized spacial score (nSPS) is 15.3. The molecule has 0 aliphatic carbocycles. The van der Waals surface area contributed by atoms with E-state index in [1.54, 1.807) is 0 Å². The zero-order valence-corrected chi connectivity index (χ0v) is 18.2. The van der Waals surface area contributed by atoms with Crippen LogP contribution in [0.15, 0.2) is 53.4 Å². The molecule has 0 saturated carbocycles. The lowest BCUT2D eigenvalue weighted by Gasteiger charge is -2.24. The Bertz CT molecular complexity index is 1330. The number of aryl methyl sites for hydroxylation is 1. The van der Waals surface area contributed by atoms with Crippen LogP contribution in [0.3, 0.4) is 0 Å². The maximum atomic E-state index is 13.1. The first kappa shape index (κ1) is 21.7. The lowest BCUT2D eigenvalue weighted by Crippen LogP contribution is -2.35. The molecule has 1 aliphatic heterocycles. The maximum Gasteiger partial charge on any atom is 0.269 e. The first-order chi connectivity index (χ1) is 15.3. The van der Waals surface area contributed by atoms with Gasteiger partial charge in [0.25, 0.3) is 5.69 Å². The number of nitro groups is 1. The van der Waals surface area contributed by atoms with Gasteiger partial charge >= 0.3 is 0 Å². The van der Waals surface area contributed by atoms with Gasteiger partial charge in [-0.2, -0.15) is 9.57 Å². The summed E-state index contributed by atoms with van der Waals surface area (Å²) in [5.74, 6) is 0.556. The van der Waals surface area contributed by atoms with E-state index in [-0.39, 0.29) is 17.1 Å². The highest BCUT2D eigenvalue weighted by molar-refractivity contribution is 7.89. The van der Waals surface area contributed by atoms with Crippen LogP contribution in [-0.4, -0.2) is 48.8 Å². The Balaban J connectivity index is 1.59. The number of fused-ring (bicyclic) bond motifs is 1. The molecule has 2 aromatic carbocycles. The van der Waals surface area contributed by atoms with E-state index in [1.807, 2.05) is 36.1 Å². The number of hydrogen-bond acceptors (Lipinski definition) is 7. The summed E-state index contributed by atoms with van der Waals surface area (Å²) in [4.78, 5) is 17.0. The number of rotatable bonds is 4. The Morgan fingerprint density at radius 3 is 2.50 bits per heavy atom. The van der Waals surface area contributed by atoms with E-state index in [0.29, 0.717) is 37.4 Å². The topological polar surface area (TPSA) is 120 Å². The molecule has 10 heteroatoms. The molecule has 0 spiro atoms. The summed E-state index contributed by atoms with van der Waals surface area (Å²) in [5.41, 5.74) is 2.15. The highest BCUT2D eigenvalue weighted by Gasteiger charge is 2.28. The minimum Gasteiger partial charge on any atom is -0.354 e. The summed E-state index contributed by atoms with van der Waals surface area (Å²) in [6.07, 6.45) is 0.560. The minimum absolute atomic E-state index is 0.0218. The molecule has 9 nitrogen and oxygen atoms in total. The zero-order chi connectivity index (χ0) is 22.9. The van der Waals surface area contributed by atoms with Crippen molar-refractivity contribution in [3.8, 4) is 6.07 Å². The number of nitrogens with zero attached hydrogens (tertiary/aromatic N) is 5. The number of benzene rings is 2. The van der Waals surface area contributed by atoms with Crippen molar-refractivity contribution in [2.24, 2.45) is 0 Å². The van der Waals surface area contributed by atoms with Crippen LogP contribution in [0.5, 0.6) is 0 Å². The van der Waals surface area contributed by atoms with Crippen molar-refractivity contribution < 1.29 is 13.3 Å². The predicted octanol–water partition coefficient (Wildman–Crippen LogP) is 3.22.